The third-order valence-electron chi connectivity index (χ3n) is 3.10. The molecule has 0 saturated carbocycles. The molecular formula is C11H22O6. The maximum Gasteiger partial charge on any atom is 0.186 e. The van der Waals surface area contributed by atoms with Gasteiger partial charge >= 0.3 is 0 Å². The van der Waals surface area contributed by atoms with Gasteiger partial charge in [-0.15, -0.1) is 0 Å². The Hall–Kier alpha value is -0.240. The summed E-state index contributed by atoms with van der Waals surface area (Å²) in [7, 11) is 1.41. The molecule has 1 saturated heterocycles. The Morgan fingerprint density at radius 1 is 1.29 bits per heavy atom. The summed E-state index contributed by atoms with van der Waals surface area (Å²) >= 11 is 0. The van der Waals surface area contributed by atoms with Crippen molar-refractivity contribution >= 4 is 0 Å². The molecule has 102 valence electrons. The Labute approximate surface area is 101 Å². The molecule has 1 aliphatic rings. The van der Waals surface area contributed by atoms with E-state index >= 15 is 0 Å². The SMILES string of the molecule is COC1OC(COC(C)CO)C(C)C(O)C1O. The van der Waals surface area contributed by atoms with Crippen molar-refractivity contribution in [2.24, 2.45) is 5.92 Å². The fourth-order valence-corrected chi connectivity index (χ4v) is 1.77. The van der Waals surface area contributed by atoms with Crippen molar-refractivity contribution in [3.63, 3.8) is 0 Å². The lowest BCUT2D eigenvalue weighted by Crippen LogP contribution is -2.55. The van der Waals surface area contributed by atoms with Gasteiger partial charge in [0, 0.05) is 13.0 Å². The number of methoxy groups -OCH3 is 1. The second kappa shape index (κ2) is 6.63. The maximum atomic E-state index is 9.83. The summed E-state index contributed by atoms with van der Waals surface area (Å²) in [4.78, 5) is 0. The lowest BCUT2D eigenvalue weighted by atomic mass is 9.91. The molecule has 1 fully saturated rings. The number of hydrogen-bond acceptors (Lipinski definition) is 6. The highest BCUT2D eigenvalue weighted by molar-refractivity contribution is 4.86. The Morgan fingerprint density at radius 2 is 1.94 bits per heavy atom. The molecule has 0 radical (unpaired) electrons. The molecule has 1 rings (SSSR count). The maximum absolute atomic E-state index is 9.83. The second-order valence-corrected chi connectivity index (χ2v) is 4.45. The third kappa shape index (κ3) is 3.61. The van der Waals surface area contributed by atoms with E-state index in [0.717, 1.165) is 0 Å². The van der Waals surface area contributed by atoms with E-state index in [2.05, 4.69) is 0 Å². The minimum atomic E-state index is -1.05. The van der Waals surface area contributed by atoms with Crippen LogP contribution in [0, 0.1) is 5.92 Å². The average molecular weight is 250 g/mol. The van der Waals surface area contributed by atoms with Gasteiger partial charge in [0.15, 0.2) is 6.29 Å². The summed E-state index contributed by atoms with van der Waals surface area (Å²) < 4.78 is 15.8. The van der Waals surface area contributed by atoms with Crippen LogP contribution in [0.4, 0.5) is 0 Å². The van der Waals surface area contributed by atoms with Crippen molar-refractivity contribution in [1.82, 2.24) is 0 Å². The van der Waals surface area contributed by atoms with Gasteiger partial charge < -0.3 is 29.5 Å². The average Bonchev–Trinajstić information content (AvgIpc) is 2.34. The van der Waals surface area contributed by atoms with Crippen LogP contribution in [-0.2, 0) is 14.2 Å². The zero-order chi connectivity index (χ0) is 13.0. The van der Waals surface area contributed by atoms with Gasteiger partial charge in [-0.05, 0) is 6.92 Å². The first kappa shape index (κ1) is 14.8. The molecule has 0 aromatic carbocycles. The normalized spacial score (nSPS) is 40.2. The van der Waals surface area contributed by atoms with E-state index in [1.807, 2.05) is 0 Å². The summed E-state index contributed by atoms with van der Waals surface area (Å²) in [5.41, 5.74) is 0. The molecule has 0 aromatic heterocycles. The largest absolute Gasteiger partial charge is 0.394 e. The van der Waals surface area contributed by atoms with Crippen molar-refractivity contribution in [3.05, 3.63) is 0 Å². The Kier molecular flexibility index (Phi) is 5.78. The minimum absolute atomic E-state index is 0.0695. The van der Waals surface area contributed by atoms with Gasteiger partial charge in [-0.1, -0.05) is 6.92 Å². The van der Waals surface area contributed by atoms with Crippen LogP contribution in [-0.4, -0.2) is 66.3 Å². The summed E-state index contributed by atoms with van der Waals surface area (Å²) in [6.45, 7) is 3.69. The zero-order valence-electron chi connectivity index (χ0n) is 10.4. The third-order valence-corrected chi connectivity index (χ3v) is 3.10. The van der Waals surface area contributed by atoms with Crippen molar-refractivity contribution < 1.29 is 29.5 Å². The fraction of sp³-hybridized carbons (Fsp3) is 1.00. The Balaban J connectivity index is 2.53. The van der Waals surface area contributed by atoms with E-state index in [0.29, 0.717) is 0 Å². The standard InChI is InChI=1S/C11H22O6/c1-6(4-12)16-5-8-7(2)9(13)10(14)11(15-3)17-8/h6-14H,4-5H2,1-3H3. The monoisotopic (exact) mass is 250 g/mol. The molecule has 1 heterocycles. The molecule has 6 heteroatoms. The van der Waals surface area contributed by atoms with Crippen LogP contribution in [0.25, 0.3) is 0 Å². The fourth-order valence-electron chi connectivity index (χ4n) is 1.77. The highest BCUT2D eigenvalue weighted by Gasteiger charge is 2.42. The molecule has 17 heavy (non-hydrogen) atoms. The number of ether oxygens (including phenoxy) is 3. The molecule has 3 N–H and O–H groups in total. The lowest BCUT2D eigenvalue weighted by Gasteiger charge is -2.40. The van der Waals surface area contributed by atoms with Gasteiger partial charge in [0.25, 0.3) is 0 Å². The quantitative estimate of drug-likeness (QED) is 0.587. The van der Waals surface area contributed by atoms with Crippen LogP contribution in [0.1, 0.15) is 13.8 Å². The molecule has 6 unspecified atom stereocenters. The van der Waals surface area contributed by atoms with Gasteiger partial charge in [0.05, 0.1) is 31.5 Å². The van der Waals surface area contributed by atoms with Crippen molar-refractivity contribution in [1.29, 1.82) is 0 Å². The smallest absolute Gasteiger partial charge is 0.186 e. The van der Waals surface area contributed by atoms with Crippen LogP contribution >= 0.6 is 0 Å². The number of rotatable bonds is 5. The van der Waals surface area contributed by atoms with Gasteiger partial charge in [-0.3, -0.25) is 0 Å². The first-order chi connectivity index (χ1) is 8.01. The molecule has 0 spiro atoms. The Morgan fingerprint density at radius 3 is 2.47 bits per heavy atom. The van der Waals surface area contributed by atoms with Crippen molar-refractivity contribution in [2.45, 2.75) is 44.6 Å². The predicted molar refractivity (Wildman–Crippen MR) is 59.3 cm³/mol. The Bertz CT molecular complexity index is 222. The van der Waals surface area contributed by atoms with Crippen LogP contribution in [0.15, 0.2) is 0 Å². The predicted octanol–water partition coefficient (Wildman–Crippen LogP) is -0.887. The molecular weight excluding hydrogens is 228 g/mol. The highest BCUT2D eigenvalue weighted by Crippen LogP contribution is 2.26. The molecule has 0 bridgehead atoms. The van der Waals surface area contributed by atoms with Gasteiger partial charge in [0.1, 0.15) is 6.10 Å². The molecule has 6 nitrogen and oxygen atoms in total. The van der Waals surface area contributed by atoms with Crippen LogP contribution in [0.5, 0.6) is 0 Å². The van der Waals surface area contributed by atoms with Crippen molar-refractivity contribution in [3.8, 4) is 0 Å². The van der Waals surface area contributed by atoms with E-state index in [1.54, 1.807) is 13.8 Å². The van der Waals surface area contributed by atoms with E-state index < -0.39 is 18.5 Å². The van der Waals surface area contributed by atoms with E-state index in [9.17, 15) is 10.2 Å². The van der Waals surface area contributed by atoms with Crippen LogP contribution < -0.4 is 0 Å². The number of aliphatic hydroxyl groups excluding tert-OH is 3. The highest BCUT2D eigenvalue weighted by atomic mass is 16.7. The van der Waals surface area contributed by atoms with Crippen molar-refractivity contribution in [2.75, 3.05) is 20.3 Å². The first-order valence-corrected chi connectivity index (χ1v) is 5.78. The molecule has 0 amide bonds. The van der Waals surface area contributed by atoms with E-state index in [-0.39, 0.29) is 31.3 Å². The van der Waals surface area contributed by atoms with Gasteiger partial charge in [0.2, 0.25) is 0 Å². The van der Waals surface area contributed by atoms with E-state index in [1.165, 1.54) is 7.11 Å². The molecule has 6 atom stereocenters. The van der Waals surface area contributed by atoms with Crippen LogP contribution in [0.3, 0.4) is 0 Å². The number of aliphatic hydroxyl groups is 3. The second-order valence-electron chi connectivity index (χ2n) is 4.45. The first-order valence-electron chi connectivity index (χ1n) is 5.78. The molecule has 1 aliphatic heterocycles. The summed E-state index contributed by atoms with van der Waals surface area (Å²) in [6, 6.07) is 0. The number of hydrogen-bond donors (Lipinski definition) is 3. The summed E-state index contributed by atoms with van der Waals surface area (Å²) in [6.07, 6.45) is -3.46. The zero-order valence-corrected chi connectivity index (χ0v) is 10.4. The summed E-state index contributed by atoms with van der Waals surface area (Å²) in [5.74, 6) is -0.262. The minimum Gasteiger partial charge on any atom is -0.394 e. The molecule has 0 aliphatic carbocycles. The van der Waals surface area contributed by atoms with Crippen LogP contribution in [0.2, 0.25) is 0 Å². The van der Waals surface area contributed by atoms with Gasteiger partial charge in [-0.2, -0.15) is 0 Å². The summed E-state index contributed by atoms with van der Waals surface area (Å²) in [5, 5.41) is 28.3. The lowest BCUT2D eigenvalue weighted by molar-refractivity contribution is -0.284. The van der Waals surface area contributed by atoms with E-state index in [4.69, 9.17) is 19.3 Å². The molecule has 0 aromatic rings. The topological polar surface area (TPSA) is 88.4 Å². The van der Waals surface area contributed by atoms with Gasteiger partial charge in [-0.25, -0.2) is 0 Å².